The quantitative estimate of drug-likeness (QED) is 0.395. The van der Waals surface area contributed by atoms with E-state index in [1.54, 1.807) is 7.11 Å². The van der Waals surface area contributed by atoms with Gasteiger partial charge in [-0.3, -0.25) is 0 Å². The van der Waals surface area contributed by atoms with Crippen molar-refractivity contribution in [2.75, 3.05) is 7.11 Å². The Morgan fingerprint density at radius 2 is 1.78 bits per heavy atom. The maximum atomic E-state index is 5.47. The fraction of sp³-hybridized carbons (Fsp3) is 0.0870. The summed E-state index contributed by atoms with van der Waals surface area (Å²) < 4.78 is 8.72. The molecule has 0 spiro atoms. The minimum atomic E-state index is 0.750. The fourth-order valence-corrected chi connectivity index (χ4v) is 3.66. The molecule has 0 aliphatic carbocycles. The summed E-state index contributed by atoms with van der Waals surface area (Å²) in [5.74, 6) is 1.74. The van der Waals surface area contributed by atoms with Crippen LogP contribution in [0.2, 0.25) is 0 Å². The molecule has 3 nitrogen and oxygen atoms in total. The predicted octanol–water partition coefficient (Wildman–Crippen LogP) is 6.04. The van der Waals surface area contributed by atoms with E-state index in [2.05, 4.69) is 80.1 Å². The van der Waals surface area contributed by atoms with Crippen LogP contribution < -0.4 is 4.74 Å². The van der Waals surface area contributed by atoms with Gasteiger partial charge in [-0.05, 0) is 47.0 Å². The normalized spacial score (nSPS) is 10.7. The molecule has 1 aromatic heterocycles. The molecule has 0 fully saturated rings. The first-order valence-corrected chi connectivity index (χ1v) is 9.53. The number of hydrogen-bond acceptors (Lipinski definition) is 2. The van der Waals surface area contributed by atoms with Gasteiger partial charge in [-0.25, -0.2) is 4.98 Å². The van der Waals surface area contributed by atoms with Crippen molar-refractivity contribution in [2.24, 2.45) is 0 Å². The van der Waals surface area contributed by atoms with Crippen LogP contribution >= 0.6 is 15.9 Å². The lowest BCUT2D eigenvalue weighted by atomic mass is 9.98. The highest BCUT2D eigenvalue weighted by atomic mass is 79.9. The summed E-state index contributed by atoms with van der Waals surface area (Å²) in [4.78, 5) is 4.66. The molecule has 0 N–H and O–H groups in total. The number of hydrogen-bond donors (Lipinski definition) is 0. The summed E-state index contributed by atoms with van der Waals surface area (Å²) >= 11 is 3.55. The second-order valence-corrected chi connectivity index (χ2v) is 7.20. The molecule has 4 aromatic rings. The molecule has 0 atom stereocenters. The van der Waals surface area contributed by atoms with Gasteiger partial charge < -0.3 is 9.30 Å². The van der Waals surface area contributed by atoms with Crippen LogP contribution in [0.3, 0.4) is 0 Å². The maximum Gasteiger partial charge on any atom is 0.140 e. The van der Waals surface area contributed by atoms with Crippen molar-refractivity contribution in [3.8, 4) is 28.3 Å². The molecule has 1 heterocycles. The molecule has 134 valence electrons. The summed E-state index contributed by atoms with van der Waals surface area (Å²) in [5.41, 5.74) is 4.57. The first-order valence-electron chi connectivity index (χ1n) is 8.74. The Labute approximate surface area is 167 Å². The van der Waals surface area contributed by atoms with E-state index >= 15 is 0 Å². The Balaban J connectivity index is 1.81. The van der Waals surface area contributed by atoms with Crippen molar-refractivity contribution in [3.05, 3.63) is 95.2 Å². The molecule has 4 rings (SSSR count). The van der Waals surface area contributed by atoms with E-state index in [1.165, 1.54) is 5.56 Å². The van der Waals surface area contributed by atoms with E-state index < -0.39 is 0 Å². The topological polar surface area (TPSA) is 27.1 Å². The van der Waals surface area contributed by atoms with Gasteiger partial charge in [-0.15, -0.1) is 0 Å². The van der Waals surface area contributed by atoms with Gasteiger partial charge in [0, 0.05) is 29.0 Å². The van der Waals surface area contributed by atoms with Crippen LogP contribution in [0.25, 0.3) is 22.5 Å². The van der Waals surface area contributed by atoms with E-state index in [-0.39, 0.29) is 0 Å². The van der Waals surface area contributed by atoms with E-state index in [4.69, 9.17) is 4.74 Å². The number of aromatic nitrogens is 2. The van der Waals surface area contributed by atoms with Crippen LogP contribution in [-0.4, -0.2) is 16.7 Å². The van der Waals surface area contributed by atoms with Crippen LogP contribution in [0.5, 0.6) is 5.75 Å². The molecule has 0 saturated heterocycles. The van der Waals surface area contributed by atoms with Gasteiger partial charge in [-0.2, -0.15) is 0 Å². The smallest absolute Gasteiger partial charge is 0.140 e. The summed E-state index contributed by atoms with van der Waals surface area (Å²) in [6.07, 6.45) is 3.87. The molecule has 27 heavy (non-hydrogen) atoms. The molecule has 0 bridgehead atoms. The van der Waals surface area contributed by atoms with Crippen molar-refractivity contribution in [3.63, 3.8) is 0 Å². The van der Waals surface area contributed by atoms with Crippen molar-refractivity contribution in [2.45, 2.75) is 6.54 Å². The van der Waals surface area contributed by atoms with E-state index in [1.807, 2.05) is 30.6 Å². The van der Waals surface area contributed by atoms with Crippen molar-refractivity contribution < 1.29 is 4.74 Å². The Hall–Kier alpha value is -2.85. The number of rotatable bonds is 5. The Morgan fingerprint density at radius 3 is 2.56 bits per heavy atom. The summed E-state index contributed by atoms with van der Waals surface area (Å²) in [6, 6.07) is 24.9. The van der Waals surface area contributed by atoms with Gasteiger partial charge in [0.1, 0.15) is 11.6 Å². The Morgan fingerprint density at radius 1 is 0.926 bits per heavy atom. The second kappa shape index (κ2) is 7.80. The maximum absolute atomic E-state index is 5.47. The van der Waals surface area contributed by atoms with Crippen LogP contribution in [0.4, 0.5) is 0 Å². The third-order valence-electron chi connectivity index (χ3n) is 4.51. The zero-order valence-electron chi connectivity index (χ0n) is 15.0. The van der Waals surface area contributed by atoms with Crippen LogP contribution in [0, 0.1) is 0 Å². The van der Waals surface area contributed by atoms with Crippen LogP contribution in [0.1, 0.15) is 5.56 Å². The SMILES string of the molecule is COc1ccc(-c2ccccc2)c(-c2nccn2Cc2cccc(Br)c2)c1. The molecule has 0 radical (unpaired) electrons. The van der Waals surface area contributed by atoms with Crippen LogP contribution in [-0.2, 0) is 6.54 Å². The molecule has 4 heteroatoms. The van der Waals surface area contributed by atoms with Crippen molar-refractivity contribution >= 4 is 15.9 Å². The monoisotopic (exact) mass is 418 g/mol. The Bertz CT molecular complexity index is 1060. The van der Waals surface area contributed by atoms with Gasteiger partial charge in [0.2, 0.25) is 0 Å². The zero-order valence-corrected chi connectivity index (χ0v) is 16.6. The molecular weight excluding hydrogens is 400 g/mol. The minimum Gasteiger partial charge on any atom is -0.497 e. The molecule has 0 aliphatic heterocycles. The highest BCUT2D eigenvalue weighted by molar-refractivity contribution is 9.10. The highest BCUT2D eigenvalue weighted by Gasteiger charge is 2.14. The second-order valence-electron chi connectivity index (χ2n) is 6.29. The Kier molecular flexibility index (Phi) is 5.07. The first-order chi connectivity index (χ1) is 13.2. The highest BCUT2D eigenvalue weighted by Crippen LogP contribution is 2.34. The summed E-state index contributed by atoms with van der Waals surface area (Å²) in [7, 11) is 1.69. The molecule has 0 amide bonds. The predicted molar refractivity (Wildman–Crippen MR) is 113 cm³/mol. The number of benzene rings is 3. The van der Waals surface area contributed by atoms with Gasteiger partial charge >= 0.3 is 0 Å². The third kappa shape index (κ3) is 3.81. The van der Waals surface area contributed by atoms with E-state index in [0.717, 1.165) is 39.3 Å². The third-order valence-corrected chi connectivity index (χ3v) is 5.00. The summed E-state index contributed by atoms with van der Waals surface area (Å²) in [5, 5.41) is 0. The van der Waals surface area contributed by atoms with Crippen molar-refractivity contribution in [1.82, 2.24) is 9.55 Å². The number of ether oxygens (including phenoxy) is 1. The lowest BCUT2D eigenvalue weighted by Gasteiger charge is -2.14. The van der Waals surface area contributed by atoms with Crippen molar-refractivity contribution in [1.29, 1.82) is 0 Å². The minimum absolute atomic E-state index is 0.750. The number of nitrogens with zero attached hydrogens (tertiary/aromatic N) is 2. The average molecular weight is 419 g/mol. The van der Waals surface area contributed by atoms with Gasteiger partial charge in [0.15, 0.2) is 0 Å². The fourth-order valence-electron chi connectivity index (χ4n) is 3.22. The van der Waals surface area contributed by atoms with E-state index in [0.29, 0.717) is 0 Å². The first kappa shape index (κ1) is 17.6. The molecule has 0 unspecified atom stereocenters. The summed E-state index contributed by atoms with van der Waals surface area (Å²) in [6.45, 7) is 0.750. The molecule has 0 aliphatic rings. The van der Waals surface area contributed by atoms with Gasteiger partial charge in [0.05, 0.1) is 7.11 Å². The number of methoxy groups -OCH3 is 1. The molecule has 3 aromatic carbocycles. The lowest BCUT2D eigenvalue weighted by molar-refractivity contribution is 0.415. The van der Waals surface area contributed by atoms with Crippen LogP contribution in [0.15, 0.2) is 89.7 Å². The standard InChI is InChI=1S/C23H19BrN2O/c1-27-20-10-11-21(18-7-3-2-4-8-18)22(15-20)23-25-12-13-26(23)16-17-6-5-9-19(24)14-17/h2-15H,16H2,1H3. The number of imidazole rings is 1. The molecular formula is C23H19BrN2O. The van der Waals surface area contributed by atoms with E-state index in [9.17, 15) is 0 Å². The van der Waals surface area contributed by atoms with Gasteiger partial charge in [0.25, 0.3) is 0 Å². The zero-order chi connectivity index (χ0) is 18.6. The molecule has 0 saturated carbocycles. The number of halogens is 1. The average Bonchev–Trinajstić information content (AvgIpc) is 3.16. The lowest BCUT2D eigenvalue weighted by Crippen LogP contribution is -2.02. The van der Waals surface area contributed by atoms with Gasteiger partial charge in [-0.1, -0.05) is 58.4 Å². The largest absolute Gasteiger partial charge is 0.497 e.